The van der Waals surface area contributed by atoms with Crippen LogP contribution in [0, 0.1) is 5.92 Å². The second-order valence-corrected chi connectivity index (χ2v) is 7.91. The zero-order valence-electron chi connectivity index (χ0n) is 15.7. The van der Waals surface area contributed by atoms with E-state index in [4.69, 9.17) is 4.74 Å². The zero-order valence-corrected chi connectivity index (χ0v) is 15.7. The third kappa shape index (κ3) is 4.49. The van der Waals surface area contributed by atoms with Gasteiger partial charge >= 0.3 is 5.97 Å². The second kappa shape index (κ2) is 8.12. The lowest BCUT2D eigenvalue weighted by Crippen LogP contribution is -2.12. The van der Waals surface area contributed by atoms with Crippen molar-refractivity contribution in [2.75, 3.05) is 6.61 Å². The van der Waals surface area contributed by atoms with Crippen molar-refractivity contribution in [3.8, 4) is 5.75 Å². The maximum Gasteiger partial charge on any atom is 0.336 e. The molecule has 1 aromatic carbocycles. The molecule has 1 saturated carbocycles. The minimum absolute atomic E-state index is 0.375. The van der Waals surface area contributed by atoms with Crippen LogP contribution in [0.5, 0.6) is 5.75 Å². The van der Waals surface area contributed by atoms with Crippen LogP contribution in [0.15, 0.2) is 36.7 Å². The van der Waals surface area contributed by atoms with Crippen LogP contribution in [-0.4, -0.2) is 22.7 Å². The Morgan fingerprint density at radius 3 is 2.89 bits per heavy atom. The van der Waals surface area contributed by atoms with Crippen LogP contribution in [0.2, 0.25) is 0 Å². The van der Waals surface area contributed by atoms with Crippen LogP contribution in [-0.2, 0) is 12.8 Å². The molecule has 0 amide bonds. The first-order valence-electron chi connectivity index (χ1n) is 10.1. The molecular weight excluding hydrogens is 338 g/mol. The lowest BCUT2D eigenvalue weighted by atomic mass is 9.79. The van der Waals surface area contributed by atoms with Crippen molar-refractivity contribution in [2.45, 2.75) is 57.3 Å². The molecular formula is C23H27NO3. The molecule has 1 atom stereocenters. The molecule has 0 aliphatic heterocycles. The Kier molecular flexibility index (Phi) is 5.42. The summed E-state index contributed by atoms with van der Waals surface area (Å²) in [6.07, 6.45) is 12.3. The highest BCUT2D eigenvalue weighted by molar-refractivity contribution is 5.89. The smallest absolute Gasteiger partial charge is 0.336 e. The van der Waals surface area contributed by atoms with Crippen LogP contribution in [0.4, 0.5) is 0 Å². The number of carboxylic acid groups (broad SMARTS) is 1. The van der Waals surface area contributed by atoms with Gasteiger partial charge in [-0.2, -0.15) is 0 Å². The molecule has 2 aliphatic rings. The van der Waals surface area contributed by atoms with Gasteiger partial charge in [-0.05, 0) is 85.3 Å². The monoisotopic (exact) mass is 365 g/mol. The lowest BCUT2D eigenvalue weighted by Gasteiger charge is -2.26. The first-order chi connectivity index (χ1) is 13.2. The average Bonchev–Trinajstić information content (AvgIpc) is 3.50. The molecule has 0 radical (unpaired) electrons. The summed E-state index contributed by atoms with van der Waals surface area (Å²) in [4.78, 5) is 15.5. The second-order valence-electron chi connectivity index (χ2n) is 7.91. The van der Waals surface area contributed by atoms with Crippen LogP contribution >= 0.6 is 0 Å². The van der Waals surface area contributed by atoms with Crippen molar-refractivity contribution in [3.63, 3.8) is 0 Å². The average molecular weight is 365 g/mol. The van der Waals surface area contributed by atoms with Gasteiger partial charge in [-0.3, -0.25) is 4.98 Å². The topological polar surface area (TPSA) is 59.4 Å². The van der Waals surface area contributed by atoms with Gasteiger partial charge in [-0.1, -0.05) is 18.9 Å². The van der Waals surface area contributed by atoms with Gasteiger partial charge < -0.3 is 9.84 Å². The number of fused-ring (bicyclic) bond motifs is 1. The fourth-order valence-electron chi connectivity index (χ4n) is 4.20. The third-order valence-corrected chi connectivity index (χ3v) is 5.94. The summed E-state index contributed by atoms with van der Waals surface area (Å²) in [6.45, 7) is 0.825. The van der Waals surface area contributed by atoms with Crippen molar-refractivity contribution < 1.29 is 14.6 Å². The largest absolute Gasteiger partial charge is 0.494 e. The number of aromatic carboxylic acids is 1. The number of rotatable bonds is 8. The number of aryl methyl sites for hydroxylation is 2. The summed E-state index contributed by atoms with van der Waals surface area (Å²) in [7, 11) is 0. The van der Waals surface area contributed by atoms with Gasteiger partial charge in [0.05, 0.1) is 12.2 Å². The molecule has 4 nitrogen and oxygen atoms in total. The Hall–Kier alpha value is -2.36. The van der Waals surface area contributed by atoms with Gasteiger partial charge in [0.25, 0.3) is 0 Å². The summed E-state index contributed by atoms with van der Waals surface area (Å²) in [5, 5.41) is 9.36. The Bertz CT molecular complexity index is 813. The number of carbonyl (C=O) groups is 1. The normalized spacial score (nSPS) is 18.7. The molecule has 0 bridgehead atoms. The molecule has 2 aromatic rings. The Balaban J connectivity index is 1.41. The van der Waals surface area contributed by atoms with Gasteiger partial charge in [0.15, 0.2) is 0 Å². The van der Waals surface area contributed by atoms with Gasteiger partial charge in [-0.25, -0.2) is 4.79 Å². The minimum Gasteiger partial charge on any atom is -0.494 e. The predicted octanol–water partition coefficient (Wildman–Crippen LogP) is 5.01. The number of ether oxygens (including phenoxy) is 1. The molecule has 1 N–H and O–H groups in total. The highest BCUT2D eigenvalue weighted by Crippen LogP contribution is 2.37. The van der Waals surface area contributed by atoms with Crippen molar-refractivity contribution in [3.05, 3.63) is 58.9 Å². The van der Waals surface area contributed by atoms with Crippen molar-refractivity contribution >= 4 is 5.97 Å². The van der Waals surface area contributed by atoms with E-state index in [1.807, 2.05) is 0 Å². The summed E-state index contributed by atoms with van der Waals surface area (Å²) < 4.78 is 5.96. The van der Waals surface area contributed by atoms with Gasteiger partial charge in [0.1, 0.15) is 5.75 Å². The standard InChI is InChI=1S/C23H27NO3/c25-23(26)22-10-12-24-15-19(22)7-6-17-2-1-3-18-14-20(8-9-21(17)18)27-13-11-16-4-5-16/h8-10,12,14-17H,1-7,11,13H2,(H,25,26)/t17-/m1/s1. The van der Waals surface area contributed by atoms with Gasteiger partial charge in [-0.15, -0.1) is 0 Å². The highest BCUT2D eigenvalue weighted by atomic mass is 16.5. The van der Waals surface area contributed by atoms with Crippen LogP contribution < -0.4 is 4.74 Å². The molecule has 0 saturated heterocycles. The fraction of sp³-hybridized carbons (Fsp3) is 0.478. The van der Waals surface area contributed by atoms with Crippen molar-refractivity contribution in [1.82, 2.24) is 4.98 Å². The molecule has 2 aliphatic carbocycles. The number of aromatic nitrogens is 1. The summed E-state index contributed by atoms with van der Waals surface area (Å²) in [5.41, 5.74) is 4.02. The fourth-order valence-corrected chi connectivity index (χ4v) is 4.20. The maximum absolute atomic E-state index is 11.4. The predicted molar refractivity (Wildman–Crippen MR) is 104 cm³/mol. The number of benzene rings is 1. The van der Waals surface area contributed by atoms with Crippen molar-refractivity contribution in [1.29, 1.82) is 0 Å². The van der Waals surface area contributed by atoms with E-state index in [9.17, 15) is 9.90 Å². The van der Waals surface area contributed by atoms with Crippen LogP contribution in [0.1, 0.15) is 71.5 Å². The van der Waals surface area contributed by atoms with E-state index in [1.165, 1.54) is 36.8 Å². The molecule has 0 unspecified atom stereocenters. The highest BCUT2D eigenvalue weighted by Gasteiger charge is 2.23. The van der Waals surface area contributed by atoms with Gasteiger partial charge in [0.2, 0.25) is 0 Å². The zero-order chi connectivity index (χ0) is 18.6. The Morgan fingerprint density at radius 1 is 1.19 bits per heavy atom. The molecule has 1 heterocycles. The molecule has 4 rings (SSSR count). The van der Waals surface area contributed by atoms with Crippen LogP contribution in [0.3, 0.4) is 0 Å². The number of carboxylic acids is 1. The first-order valence-corrected chi connectivity index (χ1v) is 10.1. The molecule has 27 heavy (non-hydrogen) atoms. The molecule has 4 heteroatoms. The summed E-state index contributed by atoms with van der Waals surface area (Å²) in [5.74, 6) is 1.51. The van der Waals surface area contributed by atoms with Crippen LogP contribution in [0.25, 0.3) is 0 Å². The van der Waals surface area contributed by atoms with E-state index < -0.39 is 5.97 Å². The quantitative estimate of drug-likeness (QED) is 0.714. The van der Waals surface area contributed by atoms with E-state index in [1.54, 1.807) is 18.5 Å². The minimum atomic E-state index is -0.871. The maximum atomic E-state index is 11.4. The number of hydrogen-bond acceptors (Lipinski definition) is 3. The Labute approximate surface area is 160 Å². The summed E-state index contributed by atoms with van der Waals surface area (Å²) >= 11 is 0. The van der Waals surface area contributed by atoms with Gasteiger partial charge in [0, 0.05) is 12.4 Å². The SMILES string of the molecule is O=C(O)c1ccncc1CC[C@H]1CCCc2cc(OCCC3CC3)ccc21. The molecule has 1 aromatic heterocycles. The summed E-state index contributed by atoms with van der Waals surface area (Å²) in [6, 6.07) is 8.16. The molecule has 1 fully saturated rings. The van der Waals surface area contributed by atoms with E-state index >= 15 is 0 Å². The van der Waals surface area contributed by atoms with E-state index in [-0.39, 0.29) is 0 Å². The van der Waals surface area contributed by atoms with Crippen molar-refractivity contribution in [2.24, 2.45) is 5.92 Å². The lowest BCUT2D eigenvalue weighted by molar-refractivity contribution is 0.0695. The third-order valence-electron chi connectivity index (χ3n) is 5.94. The van der Waals surface area contributed by atoms with E-state index in [0.29, 0.717) is 11.5 Å². The first kappa shape index (κ1) is 18.0. The molecule has 142 valence electrons. The number of pyridine rings is 1. The van der Waals surface area contributed by atoms with E-state index in [2.05, 4.69) is 23.2 Å². The molecule has 0 spiro atoms. The Morgan fingerprint density at radius 2 is 2.07 bits per heavy atom. The number of hydrogen-bond donors (Lipinski definition) is 1. The number of nitrogens with zero attached hydrogens (tertiary/aromatic N) is 1. The van der Waals surface area contributed by atoms with E-state index in [0.717, 1.165) is 49.5 Å².